The molecule has 0 spiro atoms. The van der Waals surface area contributed by atoms with E-state index in [9.17, 15) is 13.2 Å². The van der Waals surface area contributed by atoms with Crippen LogP contribution in [0.2, 0.25) is 0 Å². The van der Waals surface area contributed by atoms with E-state index in [0.29, 0.717) is 12.4 Å². The van der Waals surface area contributed by atoms with Crippen molar-refractivity contribution in [2.24, 2.45) is 0 Å². The van der Waals surface area contributed by atoms with Gasteiger partial charge in [-0.2, -0.15) is 13.2 Å². The number of rotatable bonds is 3. The molecule has 0 saturated carbocycles. The molecule has 90 valence electrons. The first-order valence-corrected chi connectivity index (χ1v) is 4.73. The van der Waals surface area contributed by atoms with Gasteiger partial charge in [0.25, 0.3) is 0 Å². The van der Waals surface area contributed by atoms with Crippen LogP contribution in [0.15, 0.2) is 18.3 Å². The van der Waals surface area contributed by atoms with Crippen molar-refractivity contribution in [1.82, 2.24) is 4.98 Å². The smallest absolute Gasteiger partial charge is 0.392 e. The normalized spacial score (nSPS) is 13.6. The van der Waals surface area contributed by atoms with Gasteiger partial charge in [-0.3, -0.25) is 0 Å². The minimum Gasteiger partial charge on any atom is -0.392 e. The van der Waals surface area contributed by atoms with E-state index in [0.717, 1.165) is 12.3 Å². The van der Waals surface area contributed by atoms with Crippen molar-refractivity contribution in [3.05, 3.63) is 23.9 Å². The maximum atomic E-state index is 12.2. The van der Waals surface area contributed by atoms with Gasteiger partial charge < -0.3 is 10.0 Å². The Morgan fingerprint density at radius 3 is 2.44 bits per heavy atom. The molecule has 0 saturated heterocycles. The highest BCUT2D eigenvalue weighted by Gasteiger charge is 2.30. The molecule has 1 aromatic rings. The molecule has 0 amide bonds. The number of halogens is 3. The fourth-order valence-electron chi connectivity index (χ4n) is 1.27. The van der Waals surface area contributed by atoms with Crippen LogP contribution in [0.5, 0.6) is 0 Å². The topological polar surface area (TPSA) is 36.4 Å². The molecule has 0 aliphatic heterocycles. The molecule has 0 aromatic carbocycles. The molecule has 1 atom stereocenters. The number of likely N-dealkylation sites (N-methyl/N-ethyl adjacent to an activating group) is 1. The number of aliphatic hydroxyl groups excluding tert-OH is 1. The molecule has 6 heteroatoms. The Morgan fingerprint density at radius 2 is 2.06 bits per heavy atom. The third-order valence-electron chi connectivity index (χ3n) is 2.00. The Hall–Kier alpha value is -1.30. The summed E-state index contributed by atoms with van der Waals surface area (Å²) in [6.45, 7) is 1.92. The van der Waals surface area contributed by atoms with Gasteiger partial charge in [0.05, 0.1) is 11.7 Å². The largest absolute Gasteiger partial charge is 0.417 e. The molecule has 1 N–H and O–H groups in total. The van der Waals surface area contributed by atoms with Crippen molar-refractivity contribution in [2.75, 3.05) is 18.5 Å². The number of aromatic nitrogens is 1. The Labute approximate surface area is 91.5 Å². The molecule has 1 unspecified atom stereocenters. The molecule has 3 nitrogen and oxygen atoms in total. The fourth-order valence-corrected chi connectivity index (χ4v) is 1.27. The number of anilines is 1. The molecule has 1 rings (SSSR count). The predicted octanol–water partition coefficient (Wildman–Crippen LogP) is 1.92. The van der Waals surface area contributed by atoms with Crippen LogP contribution >= 0.6 is 0 Å². The molecule has 1 aromatic heterocycles. The molecular weight excluding hydrogens is 221 g/mol. The molecule has 1 heterocycles. The van der Waals surface area contributed by atoms with E-state index in [1.807, 2.05) is 0 Å². The van der Waals surface area contributed by atoms with Crippen LogP contribution in [0.4, 0.5) is 19.0 Å². The molecular formula is C10H13F3N2O. The van der Waals surface area contributed by atoms with Crippen molar-refractivity contribution < 1.29 is 18.3 Å². The summed E-state index contributed by atoms with van der Waals surface area (Å²) in [6.07, 6.45) is -4.14. The Bertz CT molecular complexity index is 335. The summed E-state index contributed by atoms with van der Waals surface area (Å²) >= 11 is 0. The van der Waals surface area contributed by atoms with E-state index in [1.165, 1.54) is 6.07 Å². The highest BCUT2D eigenvalue weighted by molar-refractivity contribution is 5.38. The van der Waals surface area contributed by atoms with Crippen molar-refractivity contribution in [3.8, 4) is 0 Å². The number of nitrogens with zero attached hydrogens (tertiary/aromatic N) is 2. The highest BCUT2D eigenvalue weighted by Crippen LogP contribution is 2.29. The summed E-state index contributed by atoms with van der Waals surface area (Å²) in [5.41, 5.74) is -0.776. The van der Waals surface area contributed by atoms with E-state index in [2.05, 4.69) is 4.98 Å². The van der Waals surface area contributed by atoms with Gasteiger partial charge in [-0.05, 0) is 19.1 Å². The zero-order valence-electron chi connectivity index (χ0n) is 8.99. The first-order valence-electron chi connectivity index (χ1n) is 4.73. The lowest BCUT2D eigenvalue weighted by Gasteiger charge is -2.20. The fraction of sp³-hybridized carbons (Fsp3) is 0.500. The maximum Gasteiger partial charge on any atom is 0.417 e. The number of pyridine rings is 1. The highest BCUT2D eigenvalue weighted by atomic mass is 19.4. The van der Waals surface area contributed by atoms with Gasteiger partial charge in [-0.15, -0.1) is 0 Å². The number of hydrogen-bond donors (Lipinski definition) is 1. The van der Waals surface area contributed by atoms with Crippen molar-refractivity contribution in [2.45, 2.75) is 19.2 Å². The third kappa shape index (κ3) is 3.37. The van der Waals surface area contributed by atoms with E-state index in [4.69, 9.17) is 5.11 Å². The van der Waals surface area contributed by atoms with E-state index >= 15 is 0 Å². The quantitative estimate of drug-likeness (QED) is 0.868. The van der Waals surface area contributed by atoms with Gasteiger partial charge in [0.15, 0.2) is 0 Å². The second-order valence-electron chi connectivity index (χ2n) is 3.63. The molecule has 16 heavy (non-hydrogen) atoms. The van der Waals surface area contributed by atoms with Crippen LogP contribution < -0.4 is 4.90 Å². The first kappa shape index (κ1) is 12.8. The van der Waals surface area contributed by atoms with Gasteiger partial charge in [-0.25, -0.2) is 4.98 Å². The standard InChI is InChI=1S/C10H13F3N2O/c1-7(16)6-15(2)9-4-3-8(5-14-9)10(11,12)13/h3-5,7,16H,6H2,1-2H3. The SMILES string of the molecule is CC(O)CN(C)c1ccc(C(F)(F)F)cn1. The number of hydrogen-bond acceptors (Lipinski definition) is 3. The average molecular weight is 234 g/mol. The minimum atomic E-state index is -4.37. The molecule has 0 aliphatic carbocycles. The van der Waals surface area contributed by atoms with Gasteiger partial charge in [-0.1, -0.05) is 0 Å². The summed E-state index contributed by atoms with van der Waals surface area (Å²) in [5.74, 6) is 0.397. The molecule has 0 radical (unpaired) electrons. The van der Waals surface area contributed by atoms with Crippen LogP contribution in [-0.4, -0.2) is 29.8 Å². The van der Waals surface area contributed by atoms with Crippen molar-refractivity contribution in [3.63, 3.8) is 0 Å². The van der Waals surface area contributed by atoms with Crippen molar-refractivity contribution in [1.29, 1.82) is 0 Å². The lowest BCUT2D eigenvalue weighted by Crippen LogP contribution is -2.27. The zero-order chi connectivity index (χ0) is 12.3. The first-order chi connectivity index (χ1) is 7.30. The minimum absolute atomic E-state index is 0.318. The van der Waals surface area contributed by atoms with Gasteiger partial charge in [0.1, 0.15) is 5.82 Å². The average Bonchev–Trinajstić information content (AvgIpc) is 2.15. The lowest BCUT2D eigenvalue weighted by atomic mass is 10.2. The number of aliphatic hydroxyl groups is 1. The predicted molar refractivity (Wildman–Crippen MR) is 54.2 cm³/mol. The Balaban J connectivity index is 2.79. The molecule has 0 aliphatic rings. The van der Waals surface area contributed by atoms with Gasteiger partial charge >= 0.3 is 6.18 Å². The Kier molecular flexibility index (Phi) is 3.74. The molecule has 0 fully saturated rings. The summed E-state index contributed by atoms with van der Waals surface area (Å²) in [4.78, 5) is 5.28. The second kappa shape index (κ2) is 4.69. The number of alkyl halides is 3. The zero-order valence-corrected chi connectivity index (χ0v) is 8.99. The summed E-state index contributed by atoms with van der Waals surface area (Å²) in [6, 6.07) is 2.26. The monoisotopic (exact) mass is 234 g/mol. The van der Waals surface area contributed by atoms with Crippen LogP contribution in [0.1, 0.15) is 12.5 Å². The summed E-state index contributed by atoms with van der Waals surface area (Å²) in [5, 5.41) is 9.12. The van der Waals surface area contributed by atoms with Crippen LogP contribution in [0, 0.1) is 0 Å². The van der Waals surface area contributed by atoms with Gasteiger partial charge in [0, 0.05) is 19.8 Å². The third-order valence-corrected chi connectivity index (χ3v) is 2.00. The van der Waals surface area contributed by atoms with E-state index in [-0.39, 0.29) is 0 Å². The molecule has 0 bridgehead atoms. The Morgan fingerprint density at radius 1 is 1.44 bits per heavy atom. The summed E-state index contributed by atoms with van der Waals surface area (Å²) in [7, 11) is 1.66. The maximum absolute atomic E-state index is 12.2. The van der Waals surface area contributed by atoms with Crippen molar-refractivity contribution >= 4 is 5.82 Å². The van der Waals surface area contributed by atoms with Crippen LogP contribution in [-0.2, 0) is 6.18 Å². The lowest BCUT2D eigenvalue weighted by molar-refractivity contribution is -0.137. The van der Waals surface area contributed by atoms with Crippen LogP contribution in [0.25, 0.3) is 0 Å². The van der Waals surface area contributed by atoms with E-state index in [1.54, 1.807) is 18.9 Å². The van der Waals surface area contributed by atoms with E-state index < -0.39 is 17.8 Å². The summed E-state index contributed by atoms with van der Waals surface area (Å²) < 4.78 is 36.7. The second-order valence-corrected chi connectivity index (χ2v) is 3.63. The van der Waals surface area contributed by atoms with Gasteiger partial charge in [0.2, 0.25) is 0 Å². The van der Waals surface area contributed by atoms with Crippen LogP contribution in [0.3, 0.4) is 0 Å².